The molecule has 0 fully saturated rings. The molecule has 0 aliphatic rings. The standard InChI is InChI=1S/C15H19FN2OS/c1-4-13-14(9-19)20-15(17-13)18(3)10(2)11-7-5-6-8-12(11)16/h5-8,10,19H,4,9H2,1-3H3. The highest BCUT2D eigenvalue weighted by molar-refractivity contribution is 7.15. The highest BCUT2D eigenvalue weighted by Gasteiger charge is 2.19. The predicted octanol–water partition coefficient (Wildman–Crippen LogP) is 3.53. The van der Waals surface area contributed by atoms with E-state index >= 15 is 0 Å². The molecule has 1 aromatic carbocycles. The number of aromatic nitrogens is 1. The van der Waals surface area contributed by atoms with E-state index in [2.05, 4.69) is 4.98 Å². The summed E-state index contributed by atoms with van der Waals surface area (Å²) in [6, 6.07) is 6.67. The lowest BCUT2D eigenvalue weighted by atomic mass is 10.1. The first-order valence-electron chi connectivity index (χ1n) is 6.65. The topological polar surface area (TPSA) is 36.4 Å². The smallest absolute Gasteiger partial charge is 0.186 e. The van der Waals surface area contributed by atoms with Crippen molar-refractivity contribution < 1.29 is 9.50 Å². The Labute approximate surface area is 122 Å². The molecule has 0 saturated heterocycles. The van der Waals surface area contributed by atoms with Crippen molar-refractivity contribution in [2.45, 2.75) is 32.9 Å². The van der Waals surface area contributed by atoms with Gasteiger partial charge in [-0.3, -0.25) is 0 Å². The number of rotatable bonds is 5. The minimum absolute atomic E-state index is 0.00274. The van der Waals surface area contributed by atoms with E-state index in [0.717, 1.165) is 22.1 Å². The molecule has 1 heterocycles. The van der Waals surface area contributed by atoms with Crippen LogP contribution < -0.4 is 4.90 Å². The van der Waals surface area contributed by atoms with Crippen molar-refractivity contribution in [3.8, 4) is 0 Å². The zero-order valence-corrected chi connectivity index (χ0v) is 12.7. The summed E-state index contributed by atoms with van der Waals surface area (Å²) in [5, 5.41) is 10.1. The monoisotopic (exact) mass is 294 g/mol. The third-order valence-electron chi connectivity index (χ3n) is 3.48. The maximum Gasteiger partial charge on any atom is 0.186 e. The third-order valence-corrected chi connectivity index (χ3v) is 4.66. The summed E-state index contributed by atoms with van der Waals surface area (Å²) >= 11 is 1.46. The molecule has 0 aliphatic carbocycles. The highest BCUT2D eigenvalue weighted by Crippen LogP contribution is 2.32. The molecule has 2 aromatic rings. The summed E-state index contributed by atoms with van der Waals surface area (Å²) in [5.74, 6) is -0.207. The molecular formula is C15H19FN2OS. The lowest BCUT2D eigenvalue weighted by Crippen LogP contribution is -2.22. The van der Waals surface area contributed by atoms with Crippen molar-refractivity contribution in [1.29, 1.82) is 0 Å². The maximum absolute atomic E-state index is 13.8. The molecule has 1 N–H and O–H groups in total. The van der Waals surface area contributed by atoms with E-state index in [0.29, 0.717) is 5.56 Å². The molecular weight excluding hydrogens is 275 g/mol. The molecule has 1 atom stereocenters. The first kappa shape index (κ1) is 14.9. The van der Waals surface area contributed by atoms with Gasteiger partial charge in [0.25, 0.3) is 0 Å². The molecule has 1 aromatic heterocycles. The molecule has 0 aliphatic heterocycles. The Balaban J connectivity index is 2.29. The number of thiazole rings is 1. The van der Waals surface area contributed by atoms with Crippen molar-refractivity contribution >= 4 is 16.5 Å². The molecule has 3 nitrogen and oxygen atoms in total. The van der Waals surface area contributed by atoms with Gasteiger partial charge in [0, 0.05) is 12.6 Å². The fraction of sp³-hybridized carbons (Fsp3) is 0.400. The van der Waals surface area contributed by atoms with E-state index in [4.69, 9.17) is 0 Å². The van der Waals surface area contributed by atoms with Crippen LogP contribution in [0.1, 0.15) is 36.0 Å². The summed E-state index contributed by atoms with van der Waals surface area (Å²) in [4.78, 5) is 7.37. The van der Waals surface area contributed by atoms with E-state index < -0.39 is 0 Å². The molecule has 0 amide bonds. The van der Waals surface area contributed by atoms with Crippen molar-refractivity contribution in [3.05, 3.63) is 46.2 Å². The minimum atomic E-state index is -0.207. The van der Waals surface area contributed by atoms with Crippen LogP contribution >= 0.6 is 11.3 Å². The van der Waals surface area contributed by atoms with E-state index in [1.807, 2.05) is 31.9 Å². The van der Waals surface area contributed by atoms with E-state index in [1.165, 1.54) is 17.4 Å². The van der Waals surface area contributed by atoms with E-state index in [-0.39, 0.29) is 18.5 Å². The normalized spacial score (nSPS) is 12.4. The number of benzene rings is 1. The van der Waals surface area contributed by atoms with Crippen LogP contribution in [0.3, 0.4) is 0 Å². The third kappa shape index (κ3) is 2.83. The van der Waals surface area contributed by atoms with Crippen LogP contribution in [0.15, 0.2) is 24.3 Å². The van der Waals surface area contributed by atoms with Gasteiger partial charge in [-0.2, -0.15) is 0 Å². The summed E-state index contributed by atoms with van der Waals surface area (Å²) in [6.07, 6.45) is 0.786. The molecule has 0 radical (unpaired) electrons. The molecule has 20 heavy (non-hydrogen) atoms. The van der Waals surface area contributed by atoms with Crippen LogP contribution in [0.2, 0.25) is 0 Å². The van der Waals surface area contributed by atoms with Crippen LogP contribution in [-0.4, -0.2) is 17.1 Å². The minimum Gasteiger partial charge on any atom is -0.391 e. The largest absolute Gasteiger partial charge is 0.391 e. The number of halogens is 1. The Bertz CT molecular complexity index is 564. The predicted molar refractivity (Wildman–Crippen MR) is 80.6 cm³/mol. The summed E-state index contributed by atoms with van der Waals surface area (Å²) < 4.78 is 13.8. The van der Waals surface area contributed by atoms with Crippen molar-refractivity contribution in [1.82, 2.24) is 4.98 Å². The van der Waals surface area contributed by atoms with Crippen molar-refractivity contribution in [3.63, 3.8) is 0 Å². The second-order valence-corrected chi connectivity index (χ2v) is 5.75. The average molecular weight is 294 g/mol. The van der Waals surface area contributed by atoms with E-state index in [1.54, 1.807) is 12.1 Å². The van der Waals surface area contributed by atoms with Gasteiger partial charge in [-0.1, -0.05) is 36.5 Å². The average Bonchev–Trinajstić information content (AvgIpc) is 2.89. The Morgan fingerprint density at radius 1 is 1.40 bits per heavy atom. The lowest BCUT2D eigenvalue weighted by molar-refractivity contribution is 0.284. The zero-order valence-electron chi connectivity index (χ0n) is 11.9. The Kier molecular flexibility index (Phi) is 4.73. The summed E-state index contributed by atoms with van der Waals surface area (Å²) in [5.41, 5.74) is 1.56. The quantitative estimate of drug-likeness (QED) is 0.916. The molecule has 0 spiro atoms. The first-order valence-corrected chi connectivity index (χ1v) is 7.46. The molecule has 0 saturated carbocycles. The van der Waals surface area contributed by atoms with Crippen LogP contribution in [0.5, 0.6) is 0 Å². The van der Waals surface area contributed by atoms with Crippen LogP contribution in [0.25, 0.3) is 0 Å². The maximum atomic E-state index is 13.8. The number of aliphatic hydroxyl groups is 1. The summed E-state index contributed by atoms with van der Waals surface area (Å²) in [7, 11) is 1.90. The van der Waals surface area contributed by atoms with Gasteiger partial charge in [-0.25, -0.2) is 9.37 Å². The fourth-order valence-electron chi connectivity index (χ4n) is 2.11. The Morgan fingerprint density at radius 2 is 2.10 bits per heavy atom. The van der Waals surface area contributed by atoms with Gasteiger partial charge in [0.05, 0.1) is 23.2 Å². The Hall–Kier alpha value is -1.46. The van der Waals surface area contributed by atoms with Gasteiger partial charge in [0.1, 0.15) is 5.82 Å². The van der Waals surface area contributed by atoms with Gasteiger partial charge < -0.3 is 10.0 Å². The second-order valence-electron chi connectivity index (χ2n) is 4.69. The van der Waals surface area contributed by atoms with Gasteiger partial charge in [0.2, 0.25) is 0 Å². The van der Waals surface area contributed by atoms with Crippen LogP contribution in [0, 0.1) is 5.82 Å². The first-order chi connectivity index (χ1) is 9.58. The van der Waals surface area contributed by atoms with Gasteiger partial charge in [-0.15, -0.1) is 0 Å². The highest BCUT2D eigenvalue weighted by atomic mass is 32.1. The lowest BCUT2D eigenvalue weighted by Gasteiger charge is -2.25. The van der Waals surface area contributed by atoms with Crippen LogP contribution in [0.4, 0.5) is 9.52 Å². The molecule has 108 valence electrons. The molecule has 5 heteroatoms. The second kappa shape index (κ2) is 6.33. The van der Waals surface area contributed by atoms with Crippen molar-refractivity contribution in [2.24, 2.45) is 0 Å². The summed E-state index contributed by atoms with van der Waals surface area (Å²) in [6.45, 7) is 3.96. The van der Waals surface area contributed by atoms with Crippen LogP contribution in [-0.2, 0) is 13.0 Å². The number of nitrogens with zero attached hydrogens (tertiary/aromatic N) is 2. The van der Waals surface area contributed by atoms with E-state index in [9.17, 15) is 9.50 Å². The van der Waals surface area contributed by atoms with Crippen molar-refractivity contribution in [2.75, 3.05) is 11.9 Å². The molecule has 1 unspecified atom stereocenters. The number of anilines is 1. The SMILES string of the molecule is CCc1nc(N(C)C(C)c2ccccc2F)sc1CO. The number of aryl methyl sites for hydroxylation is 1. The van der Waals surface area contributed by atoms with Gasteiger partial charge in [-0.05, 0) is 19.4 Å². The number of hydrogen-bond donors (Lipinski definition) is 1. The van der Waals surface area contributed by atoms with Gasteiger partial charge in [0.15, 0.2) is 5.13 Å². The zero-order chi connectivity index (χ0) is 14.7. The van der Waals surface area contributed by atoms with Gasteiger partial charge >= 0.3 is 0 Å². The number of aliphatic hydroxyl groups excluding tert-OH is 1. The molecule has 2 rings (SSSR count). The Morgan fingerprint density at radius 3 is 2.65 bits per heavy atom. The molecule has 0 bridgehead atoms. The number of hydrogen-bond acceptors (Lipinski definition) is 4. The fourth-order valence-corrected chi connectivity index (χ4v) is 3.16.